The summed E-state index contributed by atoms with van der Waals surface area (Å²) in [6.07, 6.45) is 0. The molecular weight excluding hydrogens is 445 g/mol. The first kappa shape index (κ1) is 22.3. The van der Waals surface area contributed by atoms with Gasteiger partial charge in [0.05, 0.1) is 22.8 Å². The molecule has 0 unspecified atom stereocenters. The predicted octanol–water partition coefficient (Wildman–Crippen LogP) is 5.41. The van der Waals surface area contributed by atoms with Crippen molar-refractivity contribution < 1.29 is 9.66 Å². The molecule has 0 aliphatic rings. The van der Waals surface area contributed by atoms with Gasteiger partial charge in [-0.25, -0.2) is 0 Å². The highest BCUT2D eigenvalue weighted by atomic mass is 35.5. The van der Waals surface area contributed by atoms with Crippen LogP contribution in [0.4, 0.5) is 22.7 Å². The first-order valence-corrected chi connectivity index (χ1v) is 9.91. The molecule has 3 rings (SSSR count). The van der Waals surface area contributed by atoms with Crippen LogP contribution in [0, 0.1) is 10.1 Å². The molecule has 1 aromatic heterocycles. The van der Waals surface area contributed by atoms with E-state index in [2.05, 4.69) is 30.1 Å². The summed E-state index contributed by atoms with van der Waals surface area (Å²) in [5.41, 5.74) is 2.17. The summed E-state index contributed by atoms with van der Waals surface area (Å²) >= 11 is 11.5. The fraction of sp³-hybridized carbons (Fsp3) is 0.211. The molecule has 0 saturated heterocycles. The highest BCUT2D eigenvalue weighted by Crippen LogP contribution is 2.23. The number of nitro benzene ring substituents is 1. The van der Waals surface area contributed by atoms with Crippen molar-refractivity contribution in [2.75, 3.05) is 24.6 Å². The summed E-state index contributed by atoms with van der Waals surface area (Å²) < 4.78 is 5.51. The number of hydrogen-bond acceptors (Lipinski definition) is 9. The molecule has 0 N–H and O–H groups in total. The quantitative estimate of drug-likeness (QED) is 0.237. The SMILES string of the molecule is CCN(CCOc1nc(Cl)nc(Cl)n1)c1ccc(N=Nc2ccc([N+](=O)[O-])cc2)cc1. The van der Waals surface area contributed by atoms with Gasteiger partial charge in [-0.05, 0) is 66.5 Å². The van der Waals surface area contributed by atoms with Crippen LogP contribution in [0.5, 0.6) is 6.01 Å². The lowest BCUT2D eigenvalue weighted by atomic mass is 10.2. The first-order valence-electron chi connectivity index (χ1n) is 9.15. The molecule has 3 aromatic rings. The molecule has 0 atom stereocenters. The maximum Gasteiger partial charge on any atom is 0.322 e. The Morgan fingerprint density at radius 2 is 1.52 bits per heavy atom. The Morgan fingerprint density at radius 3 is 2.03 bits per heavy atom. The van der Waals surface area contributed by atoms with Gasteiger partial charge in [-0.15, -0.1) is 0 Å². The molecule has 0 saturated carbocycles. The van der Waals surface area contributed by atoms with Crippen LogP contribution in [0.25, 0.3) is 0 Å². The average molecular weight is 462 g/mol. The van der Waals surface area contributed by atoms with Crippen LogP contribution in [0.15, 0.2) is 58.8 Å². The van der Waals surface area contributed by atoms with Crippen LogP contribution in [0.1, 0.15) is 6.92 Å². The van der Waals surface area contributed by atoms with Gasteiger partial charge in [0.25, 0.3) is 5.69 Å². The smallest absolute Gasteiger partial charge is 0.322 e. The molecule has 160 valence electrons. The van der Waals surface area contributed by atoms with E-state index in [9.17, 15) is 10.1 Å². The van der Waals surface area contributed by atoms with E-state index in [4.69, 9.17) is 27.9 Å². The third-order valence-corrected chi connectivity index (χ3v) is 4.43. The molecule has 2 aromatic carbocycles. The summed E-state index contributed by atoms with van der Waals surface area (Å²) in [7, 11) is 0. The van der Waals surface area contributed by atoms with Crippen molar-refractivity contribution in [3.63, 3.8) is 0 Å². The van der Waals surface area contributed by atoms with Crippen LogP contribution >= 0.6 is 23.2 Å². The van der Waals surface area contributed by atoms with Crippen molar-refractivity contribution in [2.45, 2.75) is 6.92 Å². The Labute approximate surface area is 187 Å². The van der Waals surface area contributed by atoms with Gasteiger partial charge < -0.3 is 9.64 Å². The number of ether oxygens (including phenoxy) is 1. The van der Waals surface area contributed by atoms with Crippen molar-refractivity contribution in [2.24, 2.45) is 10.2 Å². The molecule has 0 amide bonds. The molecule has 0 fully saturated rings. The fourth-order valence-electron chi connectivity index (χ4n) is 2.58. The monoisotopic (exact) mass is 461 g/mol. The number of halogens is 2. The average Bonchev–Trinajstić information content (AvgIpc) is 2.75. The van der Waals surface area contributed by atoms with Gasteiger partial charge in [0.15, 0.2) is 0 Å². The van der Waals surface area contributed by atoms with Gasteiger partial charge >= 0.3 is 6.01 Å². The molecule has 10 nitrogen and oxygen atoms in total. The lowest BCUT2D eigenvalue weighted by Gasteiger charge is -2.22. The Bertz CT molecular complexity index is 1040. The van der Waals surface area contributed by atoms with Crippen molar-refractivity contribution in [3.05, 3.63) is 69.2 Å². The topological polar surface area (TPSA) is 119 Å². The number of aromatic nitrogens is 3. The van der Waals surface area contributed by atoms with Gasteiger partial charge in [-0.2, -0.15) is 25.2 Å². The Morgan fingerprint density at radius 1 is 0.968 bits per heavy atom. The van der Waals surface area contributed by atoms with E-state index in [1.807, 2.05) is 31.2 Å². The number of nitro groups is 1. The number of non-ortho nitro benzene ring substituents is 1. The summed E-state index contributed by atoms with van der Waals surface area (Å²) in [6.45, 7) is 3.69. The molecule has 31 heavy (non-hydrogen) atoms. The van der Waals surface area contributed by atoms with Crippen LogP contribution in [0.3, 0.4) is 0 Å². The van der Waals surface area contributed by atoms with Crippen molar-refractivity contribution in [1.82, 2.24) is 15.0 Å². The number of nitrogens with zero attached hydrogens (tertiary/aromatic N) is 7. The molecule has 0 radical (unpaired) electrons. The van der Waals surface area contributed by atoms with E-state index in [1.54, 1.807) is 12.1 Å². The van der Waals surface area contributed by atoms with Crippen molar-refractivity contribution in [3.8, 4) is 6.01 Å². The lowest BCUT2D eigenvalue weighted by molar-refractivity contribution is -0.384. The number of likely N-dealkylation sites (N-methyl/N-ethyl adjacent to an activating group) is 1. The largest absolute Gasteiger partial charge is 0.461 e. The maximum atomic E-state index is 10.7. The number of azo groups is 1. The molecule has 12 heteroatoms. The number of benzene rings is 2. The highest BCUT2D eigenvalue weighted by Gasteiger charge is 2.08. The third-order valence-electron chi connectivity index (χ3n) is 4.09. The van der Waals surface area contributed by atoms with E-state index in [0.717, 1.165) is 12.2 Å². The van der Waals surface area contributed by atoms with Gasteiger partial charge in [-0.3, -0.25) is 10.1 Å². The zero-order valence-corrected chi connectivity index (χ0v) is 17.9. The molecule has 0 bridgehead atoms. The minimum atomic E-state index is -0.460. The van der Waals surface area contributed by atoms with Crippen molar-refractivity contribution >= 4 is 46.0 Å². The summed E-state index contributed by atoms with van der Waals surface area (Å²) in [5, 5.41) is 18.9. The predicted molar refractivity (Wildman–Crippen MR) is 117 cm³/mol. The molecule has 0 aliphatic carbocycles. The van der Waals surface area contributed by atoms with E-state index in [1.165, 1.54) is 12.1 Å². The molecule has 0 aliphatic heterocycles. The highest BCUT2D eigenvalue weighted by molar-refractivity contribution is 6.31. The minimum absolute atomic E-state index is 0.00799. The second-order valence-corrected chi connectivity index (χ2v) is 6.75. The lowest BCUT2D eigenvalue weighted by Crippen LogP contribution is -2.28. The minimum Gasteiger partial charge on any atom is -0.461 e. The Kier molecular flexibility index (Phi) is 7.63. The van der Waals surface area contributed by atoms with Gasteiger partial charge in [0.2, 0.25) is 10.6 Å². The molecule has 0 spiro atoms. The fourth-order valence-corrected chi connectivity index (χ4v) is 2.93. The van der Waals surface area contributed by atoms with Crippen LogP contribution in [-0.2, 0) is 0 Å². The van der Waals surface area contributed by atoms with Crippen molar-refractivity contribution in [1.29, 1.82) is 0 Å². The third kappa shape index (κ3) is 6.56. The maximum absolute atomic E-state index is 10.7. The Balaban J connectivity index is 1.57. The zero-order valence-electron chi connectivity index (χ0n) is 16.4. The number of rotatable bonds is 9. The Hall–Kier alpha value is -3.37. The van der Waals surface area contributed by atoms with E-state index < -0.39 is 4.92 Å². The molecule has 1 heterocycles. The van der Waals surface area contributed by atoms with Gasteiger partial charge in [-0.1, -0.05) is 0 Å². The summed E-state index contributed by atoms with van der Waals surface area (Å²) in [6, 6.07) is 13.4. The number of hydrogen-bond donors (Lipinski definition) is 0. The van der Waals surface area contributed by atoms with Crippen LogP contribution in [0.2, 0.25) is 10.6 Å². The number of anilines is 1. The van der Waals surface area contributed by atoms with Crippen LogP contribution < -0.4 is 9.64 Å². The van der Waals surface area contributed by atoms with Gasteiger partial charge in [0, 0.05) is 24.4 Å². The standard InChI is InChI=1S/C19H17Cl2N7O3/c1-2-27(11-12-31-19-23-17(20)22-18(21)24-19)15-7-3-13(4-8-15)25-26-14-5-9-16(10-6-14)28(29)30/h3-10H,2,11-12H2,1H3. The van der Waals surface area contributed by atoms with Crippen LogP contribution in [-0.4, -0.2) is 39.6 Å². The second-order valence-electron chi connectivity index (χ2n) is 6.07. The van der Waals surface area contributed by atoms with Gasteiger partial charge in [0.1, 0.15) is 6.61 Å². The van der Waals surface area contributed by atoms with E-state index in [0.29, 0.717) is 24.5 Å². The normalized spacial score (nSPS) is 10.9. The first-order chi connectivity index (χ1) is 14.9. The second kappa shape index (κ2) is 10.6. The molecular formula is C19H17Cl2N7O3. The zero-order chi connectivity index (χ0) is 22.2. The van der Waals surface area contributed by atoms with E-state index >= 15 is 0 Å². The van der Waals surface area contributed by atoms with E-state index in [-0.39, 0.29) is 22.3 Å². The summed E-state index contributed by atoms with van der Waals surface area (Å²) in [4.78, 5) is 23.7. The summed E-state index contributed by atoms with van der Waals surface area (Å²) in [5.74, 6) is 0.